The molecular formula is C11H13NaO5S. The van der Waals surface area contributed by atoms with Gasteiger partial charge in [0, 0.05) is 0 Å². The molecule has 0 amide bonds. The number of benzene rings is 1. The van der Waals surface area contributed by atoms with Crippen LogP contribution in [0.5, 0.6) is 0 Å². The van der Waals surface area contributed by atoms with E-state index >= 15 is 0 Å². The van der Waals surface area contributed by atoms with Gasteiger partial charge in [-0.2, -0.15) is 8.42 Å². The van der Waals surface area contributed by atoms with Gasteiger partial charge in [-0.05, 0) is 11.6 Å². The molecule has 18 heavy (non-hydrogen) atoms. The predicted octanol–water partition coefficient (Wildman–Crippen LogP) is 0.482. The summed E-state index contributed by atoms with van der Waals surface area (Å²) in [4.78, 5) is 11.3. The zero-order valence-electron chi connectivity index (χ0n) is 9.16. The van der Waals surface area contributed by atoms with Crippen molar-refractivity contribution in [2.24, 2.45) is 0 Å². The van der Waals surface area contributed by atoms with Crippen LogP contribution in [0.3, 0.4) is 0 Å². The molecular weight excluding hydrogens is 267 g/mol. The number of carbonyl (C=O) groups is 1. The Morgan fingerprint density at radius 1 is 1.33 bits per heavy atom. The summed E-state index contributed by atoms with van der Waals surface area (Å²) in [6.07, 6.45) is 1.36. The SMILES string of the molecule is COC(=O)/C(=C/c1ccccc1)CS(=O)(=O)O.[NaH]. The Kier molecular flexibility index (Phi) is 7.42. The Hall–Kier alpha value is -0.660. The van der Waals surface area contributed by atoms with Crippen molar-refractivity contribution in [1.29, 1.82) is 0 Å². The summed E-state index contributed by atoms with van der Waals surface area (Å²) in [6, 6.07) is 8.68. The third kappa shape index (κ3) is 6.32. The molecule has 0 spiro atoms. The first kappa shape index (κ1) is 17.3. The molecule has 5 nitrogen and oxygen atoms in total. The van der Waals surface area contributed by atoms with E-state index < -0.39 is 21.8 Å². The molecule has 1 aromatic carbocycles. The number of rotatable bonds is 4. The Balaban J connectivity index is 0.00000289. The molecule has 0 saturated carbocycles. The zero-order chi connectivity index (χ0) is 12.9. The van der Waals surface area contributed by atoms with Gasteiger partial charge in [0.05, 0.1) is 12.7 Å². The van der Waals surface area contributed by atoms with Crippen molar-refractivity contribution in [2.45, 2.75) is 0 Å². The number of hydrogen-bond donors (Lipinski definition) is 1. The molecule has 1 rings (SSSR count). The van der Waals surface area contributed by atoms with Crippen molar-refractivity contribution in [3.63, 3.8) is 0 Å². The Labute approximate surface area is 128 Å². The summed E-state index contributed by atoms with van der Waals surface area (Å²) < 4.78 is 34.7. The van der Waals surface area contributed by atoms with E-state index in [0.29, 0.717) is 5.56 Å². The van der Waals surface area contributed by atoms with Crippen molar-refractivity contribution < 1.29 is 22.5 Å². The summed E-state index contributed by atoms with van der Waals surface area (Å²) in [6.45, 7) is 0. The van der Waals surface area contributed by atoms with E-state index in [0.717, 1.165) is 7.11 Å². The average Bonchev–Trinajstić information content (AvgIpc) is 2.27. The van der Waals surface area contributed by atoms with Crippen LogP contribution < -0.4 is 0 Å². The number of carbonyl (C=O) groups excluding carboxylic acids is 1. The molecule has 1 aromatic rings. The first-order valence-corrected chi connectivity index (χ1v) is 6.32. The monoisotopic (exact) mass is 280 g/mol. The minimum absolute atomic E-state index is 0. The fraction of sp³-hybridized carbons (Fsp3) is 0.182. The van der Waals surface area contributed by atoms with Crippen LogP contribution in [0.15, 0.2) is 35.9 Å². The van der Waals surface area contributed by atoms with Crippen molar-refractivity contribution in [3.05, 3.63) is 41.5 Å². The number of ether oxygens (including phenoxy) is 1. The summed E-state index contributed by atoms with van der Waals surface area (Å²) in [5.41, 5.74) is 0.526. The topological polar surface area (TPSA) is 80.7 Å². The molecule has 0 aliphatic rings. The molecule has 94 valence electrons. The van der Waals surface area contributed by atoms with Gasteiger partial charge in [-0.1, -0.05) is 30.3 Å². The van der Waals surface area contributed by atoms with E-state index in [1.165, 1.54) is 6.08 Å². The molecule has 0 radical (unpaired) electrons. The molecule has 0 aromatic heterocycles. The van der Waals surface area contributed by atoms with Crippen LogP contribution in [-0.2, 0) is 19.6 Å². The molecule has 0 heterocycles. The van der Waals surface area contributed by atoms with Crippen molar-refractivity contribution in [2.75, 3.05) is 12.9 Å². The Morgan fingerprint density at radius 3 is 2.33 bits per heavy atom. The van der Waals surface area contributed by atoms with Gasteiger partial charge in [0.2, 0.25) is 0 Å². The minimum atomic E-state index is -4.27. The van der Waals surface area contributed by atoms with E-state index in [-0.39, 0.29) is 35.1 Å². The molecule has 0 atom stereocenters. The molecule has 0 bridgehead atoms. The summed E-state index contributed by atoms with van der Waals surface area (Å²) in [7, 11) is -3.12. The van der Waals surface area contributed by atoms with Crippen LogP contribution in [0.1, 0.15) is 5.56 Å². The standard InChI is InChI=1S/C11H12O5S.Na.H/c1-16-11(12)10(8-17(13,14)15)7-9-5-3-2-4-6-9;;/h2-7H,8H2,1H3,(H,13,14,15);;/b10-7+;;. The summed E-state index contributed by atoms with van der Waals surface area (Å²) in [5, 5.41) is 0. The van der Waals surface area contributed by atoms with E-state index in [1.807, 2.05) is 0 Å². The van der Waals surface area contributed by atoms with Crippen molar-refractivity contribution >= 4 is 51.7 Å². The van der Waals surface area contributed by atoms with Crippen molar-refractivity contribution in [1.82, 2.24) is 0 Å². The summed E-state index contributed by atoms with van der Waals surface area (Å²) >= 11 is 0. The van der Waals surface area contributed by atoms with Crippen LogP contribution in [0, 0.1) is 0 Å². The van der Waals surface area contributed by atoms with Gasteiger partial charge < -0.3 is 4.74 Å². The second kappa shape index (κ2) is 7.70. The summed E-state index contributed by atoms with van der Waals surface area (Å²) in [5.74, 6) is -1.55. The molecule has 1 N–H and O–H groups in total. The molecule has 0 aliphatic carbocycles. The van der Waals surface area contributed by atoms with Crippen molar-refractivity contribution in [3.8, 4) is 0 Å². The second-order valence-electron chi connectivity index (χ2n) is 3.30. The fourth-order valence-corrected chi connectivity index (χ4v) is 1.83. The number of hydrogen-bond acceptors (Lipinski definition) is 4. The molecule has 0 unspecified atom stereocenters. The van der Waals surface area contributed by atoms with Gasteiger partial charge in [-0.3, -0.25) is 4.55 Å². The third-order valence-electron chi connectivity index (χ3n) is 1.93. The quantitative estimate of drug-likeness (QED) is 0.375. The normalized spacial score (nSPS) is 11.6. The van der Waals surface area contributed by atoms with Crippen LogP contribution in [0.25, 0.3) is 6.08 Å². The van der Waals surface area contributed by atoms with Gasteiger partial charge >= 0.3 is 35.5 Å². The van der Waals surface area contributed by atoms with Gasteiger partial charge in [0.15, 0.2) is 0 Å². The molecule has 0 fully saturated rings. The maximum absolute atomic E-state index is 11.3. The molecule has 7 heteroatoms. The second-order valence-corrected chi connectivity index (χ2v) is 4.75. The van der Waals surface area contributed by atoms with E-state index in [2.05, 4.69) is 4.74 Å². The maximum atomic E-state index is 11.3. The van der Waals surface area contributed by atoms with Crippen LogP contribution in [0.4, 0.5) is 0 Å². The molecule has 0 aliphatic heterocycles. The van der Waals surface area contributed by atoms with E-state index in [9.17, 15) is 13.2 Å². The number of methoxy groups -OCH3 is 1. The van der Waals surface area contributed by atoms with E-state index in [1.54, 1.807) is 30.3 Å². The molecule has 0 saturated heterocycles. The van der Waals surface area contributed by atoms with Crippen LogP contribution in [0.2, 0.25) is 0 Å². The fourth-order valence-electron chi connectivity index (χ4n) is 1.24. The zero-order valence-corrected chi connectivity index (χ0v) is 9.98. The van der Waals surface area contributed by atoms with Gasteiger partial charge in [-0.15, -0.1) is 0 Å². The van der Waals surface area contributed by atoms with Gasteiger partial charge in [0.25, 0.3) is 10.1 Å². The van der Waals surface area contributed by atoms with Gasteiger partial charge in [-0.25, -0.2) is 4.79 Å². The van der Waals surface area contributed by atoms with Crippen LogP contribution >= 0.6 is 0 Å². The van der Waals surface area contributed by atoms with E-state index in [4.69, 9.17) is 4.55 Å². The number of esters is 1. The van der Waals surface area contributed by atoms with Crippen LogP contribution in [-0.4, -0.2) is 61.4 Å². The Morgan fingerprint density at radius 2 is 1.89 bits per heavy atom. The Bertz CT molecular complexity index is 522. The first-order valence-electron chi connectivity index (χ1n) is 4.71. The first-order chi connectivity index (χ1) is 7.92. The third-order valence-corrected chi connectivity index (χ3v) is 2.60. The average molecular weight is 280 g/mol. The van der Waals surface area contributed by atoms with Gasteiger partial charge in [0.1, 0.15) is 5.75 Å². The predicted molar refractivity (Wildman–Crippen MR) is 70.0 cm³/mol.